The zero-order valence-electron chi connectivity index (χ0n) is 17.8. The summed E-state index contributed by atoms with van der Waals surface area (Å²) in [4.78, 5) is 11.3. The number of nitrogens with zero attached hydrogens (tertiary/aromatic N) is 5. The third-order valence-corrected chi connectivity index (χ3v) is 6.75. The second-order valence-electron chi connectivity index (χ2n) is 8.72. The highest BCUT2D eigenvalue weighted by atomic mass is 19.2. The van der Waals surface area contributed by atoms with E-state index in [-0.39, 0.29) is 11.1 Å². The van der Waals surface area contributed by atoms with Gasteiger partial charge < -0.3 is 9.64 Å². The van der Waals surface area contributed by atoms with Crippen LogP contribution in [0, 0.1) is 40.5 Å². The number of imidazole rings is 1. The number of hydrogen-bond acceptors (Lipinski definition) is 5. The van der Waals surface area contributed by atoms with Crippen LogP contribution in [0.25, 0.3) is 16.7 Å². The maximum Gasteiger partial charge on any atom is 0.213 e. The van der Waals surface area contributed by atoms with E-state index in [0.29, 0.717) is 28.7 Å². The number of hydrogen-bond donors (Lipinski definition) is 1. The number of piperidine rings is 1. The minimum absolute atomic E-state index is 0.246. The van der Waals surface area contributed by atoms with Crippen LogP contribution in [0.2, 0.25) is 0 Å². The number of nitrogens with one attached hydrogen (secondary N) is 1. The van der Waals surface area contributed by atoms with Crippen LogP contribution in [-0.2, 0) is 4.74 Å². The summed E-state index contributed by atoms with van der Waals surface area (Å²) in [6.45, 7) is 3.27. The summed E-state index contributed by atoms with van der Waals surface area (Å²) in [5.74, 6) is -1.19. The minimum Gasteiger partial charge on any atom is -0.381 e. The van der Waals surface area contributed by atoms with Crippen molar-refractivity contribution in [1.29, 1.82) is 0 Å². The highest BCUT2D eigenvalue weighted by molar-refractivity contribution is 5.94. The van der Waals surface area contributed by atoms with E-state index in [1.54, 1.807) is 12.4 Å². The fourth-order valence-electron chi connectivity index (χ4n) is 4.76. The van der Waals surface area contributed by atoms with Gasteiger partial charge in [0.2, 0.25) is 5.95 Å². The maximum absolute atomic E-state index is 14.0. The quantitative estimate of drug-likeness (QED) is 0.199. The molecule has 0 radical (unpaired) electrons. The van der Waals surface area contributed by atoms with Gasteiger partial charge in [0.15, 0.2) is 34.6 Å². The van der Waals surface area contributed by atoms with Gasteiger partial charge in [-0.3, -0.25) is 9.50 Å². The van der Waals surface area contributed by atoms with Crippen LogP contribution in [-0.4, -0.2) is 50.9 Å². The number of halogens is 4. The molecular formula is C23H18F4N6O. The van der Waals surface area contributed by atoms with Gasteiger partial charge in [-0.2, -0.15) is 10.1 Å². The topological polar surface area (TPSA) is 71.3 Å². The summed E-state index contributed by atoms with van der Waals surface area (Å²) in [7, 11) is 0. The Bertz CT molecular complexity index is 1480. The molecule has 0 amide bonds. The van der Waals surface area contributed by atoms with Gasteiger partial charge in [-0.05, 0) is 36.7 Å². The van der Waals surface area contributed by atoms with Crippen molar-refractivity contribution in [3.63, 3.8) is 0 Å². The molecule has 0 aliphatic carbocycles. The molecule has 2 aliphatic heterocycles. The zero-order valence-corrected chi connectivity index (χ0v) is 17.8. The summed E-state index contributed by atoms with van der Waals surface area (Å²) in [6.07, 6.45) is 6.52. The molecule has 2 aliphatic rings. The number of aromatic nitrogens is 5. The van der Waals surface area contributed by atoms with Crippen molar-refractivity contribution in [3.8, 4) is 11.8 Å². The molecule has 0 saturated carbocycles. The summed E-state index contributed by atoms with van der Waals surface area (Å²) in [5.41, 5.74) is 0.786. The number of ether oxygens (including phenoxy) is 1. The van der Waals surface area contributed by atoms with Crippen molar-refractivity contribution in [2.75, 3.05) is 31.2 Å². The van der Waals surface area contributed by atoms with E-state index >= 15 is 0 Å². The SMILES string of the molecule is Fc1cc(C#Cc2[nH]nc3nc(N4CCC5(CCOC5)CC4)n4ccnc4c23)c(F)c(F)c1F. The molecule has 1 spiro atoms. The molecule has 0 bridgehead atoms. The molecule has 174 valence electrons. The third-order valence-electron chi connectivity index (χ3n) is 6.75. The Labute approximate surface area is 190 Å². The van der Waals surface area contributed by atoms with E-state index in [2.05, 4.69) is 31.9 Å². The van der Waals surface area contributed by atoms with Crippen LogP contribution in [0.5, 0.6) is 0 Å². The van der Waals surface area contributed by atoms with Gasteiger partial charge in [0, 0.05) is 32.1 Å². The first kappa shape index (κ1) is 20.9. The van der Waals surface area contributed by atoms with Crippen LogP contribution in [0.3, 0.4) is 0 Å². The highest BCUT2D eigenvalue weighted by Crippen LogP contribution is 2.40. The van der Waals surface area contributed by atoms with Gasteiger partial charge >= 0.3 is 0 Å². The van der Waals surface area contributed by atoms with Gasteiger partial charge in [0.25, 0.3) is 0 Å². The average Bonchev–Trinajstić information content (AvgIpc) is 3.59. The predicted octanol–water partition coefficient (Wildman–Crippen LogP) is 3.57. The number of aromatic amines is 1. The molecule has 1 aromatic carbocycles. The van der Waals surface area contributed by atoms with E-state index in [4.69, 9.17) is 9.72 Å². The Morgan fingerprint density at radius 2 is 1.85 bits per heavy atom. The molecule has 0 atom stereocenters. The predicted molar refractivity (Wildman–Crippen MR) is 114 cm³/mol. The molecule has 4 aromatic rings. The fraction of sp³-hybridized carbons (Fsp3) is 0.348. The lowest BCUT2D eigenvalue weighted by molar-refractivity contribution is 0.133. The lowest BCUT2D eigenvalue weighted by Gasteiger charge is -2.38. The number of rotatable bonds is 1. The van der Waals surface area contributed by atoms with Gasteiger partial charge in [-0.1, -0.05) is 5.92 Å². The van der Waals surface area contributed by atoms with E-state index in [1.165, 1.54) is 0 Å². The first-order valence-electron chi connectivity index (χ1n) is 10.8. The Hall–Kier alpha value is -3.65. The van der Waals surface area contributed by atoms with Crippen LogP contribution in [0.1, 0.15) is 30.5 Å². The summed E-state index contributed by atoms with van der Waals surface area (Å²) >= 11 is 0. The molecule has 0 unspecified atom stereocenters. The van der Waals surface area contributed by atoms with E-state index < -0.39 is 28.8 Å². The molecule has 2 fully saturated rings. The normalized spacial score (nSPS) is 17.6. The molecule has 5 heterocycles. The van der Waals surface area contributed by atoms with Gasteiger partial charge in [0.05, 0.1) is 17.6 Å². The molecule has 3 aromatic heterocycles. The second kappa shape index (κ2) is 7.70. The number of benzene rings is 1. The largest absolute Gasteiger partial charge is 0.381 e. The molecule has 34 heavy (non-hydrogen) atoms. The van der Waals surface area contributed by atoms with Crippen LogP contribution in [0.15, 0.2) is 18.5 Å². The first-order chi connectivity index (χ1) is 16.5. The second-order valence-corrected chi connectivity index (χ2v) is 8.72. The molecule has 6 rings (SSSR count). The maximum atomic E-state index is 14.0. The van der Waals surface area contributed by atoms with E-state index in [0.717, 1.165) is 45.6 Å². The molecular weight excluding hydrogens is 452 g/mol. The zero-order chi connectivity index (χ0) is 23.4. The number of H-pyrrole nitrogens is 1. The molecule has 7 nitrogen and oxygen atoms in total. The van der Waals surface area contributed by atoms with Crippen molar-refractivity contribution in [2.24, 2.45) is 5.41 Å². The van der Waals surface area contributed by atoms with Crippen molar-refractivity contribution in [1.82, 2.24) is 24.6 Å². The van der Waals surface area contributed by atoms with Crippen molar-refractivity contribution in [3.05, 3.63) is 53.0 Å². The van der Waals surface area contributed by atoms with Gasteiger partial charge in [-0.15, -0.1) is 0 Å². The monoisotopic (exact) mass is 470 g/mol. The van der Waals surface area contributed by atoms with Gasteiger partial charge in [-0.25, -0.2) is 22.5 Å². The average molecular weight is 470 g/mol. The molecule has 1 N–H and O–H groups in total. The Kier molecular flexibility index (Phi) is 4.74. The number of anilines is 1. The first-order valence-corrected chi connectivity index (χ1v) is 10.8. The molecule has 11 heteroatoms. The van der Waals surface area contributed by atoms with Crippen molar-refractivity contribution >= 4 is 22.6 Å². The molecule has 2 saturated heterocycles. The highest BCUT2D eigenvalue weighted by Gasteiger charge is 2.38. The van der Waals surface area contributed by atoms with Crippen LogP contribution < -0.4 is 4.90 Å². The lowest BCUT2D eigenvalue weighted by atomic mass is 9.78. The fourth-order valence-corrected chi connectivity index (χ4v) is 4.76. The lowest BCUT2D eigenvalue weighted by Crippen LogP contribution is -2.41. The van der Waals surface area contributed by atoms with Gasteiger partial charge in [0.1, 0.15) is 5.69 Å². The van der Waals surface area contributed by atoms with Crippen molar-refractivity contribution < 1.29 is 22.3 Å². The standard InChI is InChI=1S/C23H18F4N6O/c24-14-11-13(17(25)19(27)18(14)26)1-2-15-16-20(31-30-15)29-22(33-9-6-28-21(16)33)32-7-3-23(4-8-32)5-10-34-12-23/h6,9,11H,3-5,7-8,10,12H2,(H,30,31). The smallest absolute Gasteiger partial charge is 0.213 e. The third kappa shape index (κ3) is 3.20. The summed E-state index contributed by atoms with van der Waals surface area (Å²) < 4.78 is 61.7. The number of fused-ring (bicyclic) bond motifs is 3. The van der Waals surface area contributed by atoms with E-state index in [9.17, 15) is 17.6 Å². The summed E-state index contributed by atoms with van der Waals surface area (Å²) in [5, 5.41) is 7.44. The summed E-state index contributed by atoms with van der Waals surface area (Å²) in [6, 6.07) is 0.513. The van der Waals surface area contributed by atoms with Crippen LogP contribution >= 0.6 is 0 Å². The van der Waals surface area contributed by atoms with E-state index in [1.807, 2.05) is 4.40 Å². The van der Waals surface area contributed by atoms with Crippen LogP contribution in [0.4, 0.5) is 23.5 Å². The Morgan fingerprint density at radius 1 is 1.03 bits per heavy atom. The Morgan fingerprint density at radius 3 is 2.62 bits per heavy atom. The van der Waals surface area contributed by atoms with Crippen molar-refractivity contribution in [2.45, 2.75) is 19.3 Å². The minimum atomic E-state index is -1.91. The Balaban J connectivity index is 1.38.